The number of halogens is 1. The fourth-order valence-electron chi connectivity index (χ4n) is 2.53. The highest BCUT2D eigenvalue weighted by Gasteiger charge is 2.16. The third-order valence-corrected chi connectivity index (χ3v) is 3.42. The third kappa shape index (κ3) is 2.05. The average molecular weight is 233 g/mol. The molecule has 1 N–H and O–H groups in total. The largest absolute Gasteiger partial charge is 0.314 e. The van der Waals surface area contributed by atoms with E-state index in [0.717, 1.165) is 30.7 Å². The lowest BCUT2D eigenvalue weighted by molar-refractivity contribution is 0.391. The van der Waals surface area contributed by atoms with E-state index in [-0.39, 0.29) is 5.95 Å². The summed E-state index contributed by atoms with van der Waals surface area (Å²) in [5.74, 6) is 0.586. The van der Waals surface area contributed by atoms with Crippen molar-refractivity contribution in [2.24, 2.45) is 0 Å². The summed E-state index contributed by atoms with van der Waals surface area (Å²) in [7, 11) is 0. The lowest BCUT2D eigenvalue weighted by Crippen LogP contribution is -2.36. The summed E-state index contributed by atoms with van der Waals surface area (Å²) >= 11 is 0. The summed E-state index contributed by atoms with van der Waals surface area (Å²) in [6.07, 6.45) is 6.19. The molecular weight excluding hydrogens is 217 g/mol. The first kappa shape index (κ1) is 10.7. The van der Waals surface area contributed by atoms with Crippen LogP contribution in [0, 0.1) is 5.95 Å². The Morgan fingerprint density at radius 2 is 2.35 bits per heavy atom. The highest BCUT2D eigenvalue weighted by atomic mass is 19.1. The van der Waals surface area contributed by atoms with Gasteiger partial charge in [-0.15, -0.1) is 0 Å². The van der Waals surface area contributed by atoms with Crippen LogP contribution in [0.3, 0.4) is 0 Å². The van der Waals surface area contributed by atoms with Gasteiger partial charge in [0.1, 0.15) is 5.82 Å². The Balaban J connectivity index is 1.89. The van der Waals surface area contributed by atoms with E-state index >= 15 is 0 Å². The van der Waals surface area contributed by atoms with E-state index in [9.17, 15) is 4.39 Å². The van der Waals surface area contributed by atoms with E-state index in [0.29, 0.717) is 6.04 Å². The van der Waals surface area contributed by atoms with Crippen LogP contribution in [-0.4, -0.2) is 22.0 Å². The lowest BCUT2D eigenvalue weighted by Gasteiger charge is -2.22. The van der Waals surface area contributed by atoms with Gasteiger partial charge in [-0.2, -0.15) is 4.39 Å². The molecule has 0 aliphatic carbocycles. The number of nitrogens with zero attached hydrogens (tertiary/aromatic N) is 2. The number of pyridine rings is 1. The molecule has 1 saturated heterocycles. The van der Waals surface area contributed by atoms with Crippen molar-refractivity contribution in [3.8, 4) is 0 Å². The first-order chi connectivity index (χ1) is 8.34. The fraction of sp³-hybridized carbons (Fsp3) is 0.462. The average Bonchev–Trinajstić information content (AvgIpc) is 2.75. The molecule has 1 atom stereocenters. The number of piperidine rings is 1. The molecule has 1 unspecified atom stereocenters. The predicted molar refractivity (Wildman–Crippen MR) is 64.5 cm³/mol. The number of nitrogens with one attached hydrogen (secondary N) is 1. The van der Waals surface area contributed by atoms with Crippen molar-refractivity contribution in [2.45, 2.75) is 31.7 Å². The number of rotatable bonds is 2. The summed E-state index contributed by atoms with van der Waals surface area (Å²) in [6.45, 7) is 1.07. The maximum atomic E-state index is 13.7. The highest BCUT2D eigenvalue weighted by Crippen LogP contribution is 2.15. The van der Waals surface area contributed by atoms with Gasteiger partial charge in [0.2, 0.25) is 0 Å². The van der Waals surface area contributed by atoms with Crippen molar-refractivity contribution < 1.29 is 4.39 Å². The van der Waals surface area contributed by atoms with Crippen LogP contribution >= 0.6 is 0 Å². The molecule has 0 saturated carbocycles. The summed E-state index contributed by atoms with van der Waals surface area (Å²) in [5, 5.41) is 3.47. The Labute approximate surface area is 99.7 Å². The molecule has 1 aliphatic heterocycles. The zero-order valence-electron chi connectivity index (χ0n) is 9.69. The third-order valence-electron chi connectivity index (χ3n) is 3.42. The molecule has 90 valence electrons. The van der Waals surface area contributed by atoms with Gasteiger partial charge in [0.15, 0.2) is 5.95 Å². The van der Waals surface area contributed by atoms with Crippen molar-refractivity contribution in [3.63, 3.8) is 0 Å². The molecule has 1 aliphatic rings. The van der Waals surface area contributed by atoms with Crippen LogP contribution in [0.25, 0.3) is 5.52 Å². The molecule has 0 bridgehead atoms. The SMILES string of the molecule is Fc1cccc2cnc(CC3CCCCN3)n12. The smallest absolute Gasteiger partial charge is 0.199 e. The van der Waals surface area contributed by atoms with E-state index in [4.69, 9.17) is 0 Å². The minimum absolute atomic E-state index is 0.231. The monoisotopic (exact) mass is 233 g/mol. The molecule has 3 heterocycles. The maximum absolute atomic E-state index is 13.7. The minimum atomic E-state index is -0.231. The van der Waals surface area contributed by atoms with Gasteiger partial charge < -0.3 is 5.32 Å². The number of hydrogen-bond acceptors (Lipinski definition) is 2. The molecule has 0 aromatic carbocycles. The van der Waals surface area contributed by atoms with Gasteiger partial charge in [0.05, 0.1) is 11.7 Å². The maximum Gasteiger partial charge on any atom is 0.199 e. The molecule has 17 heavy (non-hydrogen) atoms. The summed E-state index contributed by atoms with van der Waals surface area (Å²) in [4.78, 5) is 4.33. The van der Waals surface area contributed by atoms with Crippen LogP contribution < -0.4 is 5.32 Å². The number of hydrogen-bond donors (Lipinski definition) is 1. The molecule has 1 fully saturated rings. The van der Waals surface area contributed by atoms with Crippen LogP contribution in [-0.2, 0) is 6.42 Å². The van der Waals surface area contributed by atoms with Crippen molar-refractivity contribution in [3.05, 3.63) is 36.2 Å². The molecular formula is C13H16FN3. The Kier molecular flexibility index (Phi) is 2.81. The van der Waals surface area contributed by atoms with E-state index in [1.54, 1.807) is 16.7 Å². The number of aromatic nitrogens is 2. The summed E-state index contributed by atoms with van der Waals surface area (Å²) in [6, 6.07) is 5.52. The molecule has 2 aromatic heterocycles. The second-order valence-electron chi connectivity index (χ2n) is 4.63. The Morgan fingerprint density at radius 1 is 1.41 bits per heavy atom. The first-order valence-electron chi connectivity index (χ1n) is 6.19. The van der Waals surface area contributed by atoms with Crippen LogP contribution in [0.2, 0.25) is 0 Å². The molecule has 2 aromatic rings. The predicted octanol–water partition coefficient (Wildman–Crippen LogP) is 2.16. The molecule has 3 rings (SSSR count). The van der Waals surface area contributed by atoms with Crippen LogP contribution in [0.1, 0.15) is 25.1 Å². The molecule has 0 radical (unpaired) electrons. The van der Waals surface area contributed by atoms with Gasteiger partial charge in [0.25, 0.3) is 0 Å². The number of fused-ring (bicyclic) bond motifs is 1. The van der Waals surface area contributed by atoms with Gasteiger partial charge in [-0.1, -0.05) is 12.5 Å². The quantitative estimate of drug-likeness (QED) is 0.805. The van der Waals surface area contributed by atoms with E-state index < -0.39 is 0 Å². The summed E-state index contributed by atoms with van der Waals surface area (Å²) in [5.41, 5.74) is 0.829. The van der Waals surface area contributed by atoms with E-state index in [1.807, 2.05) is 6.07 Å². The van der Waals surface area contributed by atoms with Crippen molar-refractivity contribution >= 4 is 5.52 Å². The Bertz CT molecular complexity index is 514. The molecule has 4 heteroatoms. The first-order valence-corrected chi connectivity index (χ1v) is 6.19. The van der Waals surface area contributed by atoms with E-state index in [2.05, 4.69) is 10.3 Å². The second-order valence-corrected chi connectivity index (χ2v) is 4.63. The van der Waals surface area contributed by atoms with Gasteiger partial charge >= 0.3 is 0 Å². The van der Waals surface area contributed by atoms with Gasteiger partial charge in [-0.3, -0.25) is 4.40 Å². The van der Waals surface area contributed by atoms with Crippen molar-refractivity contribution in [1.29, 1.82) is 0 Å². The van der Waals surface area contributed by atoms with Crippen LogP contribution in [0.15, 0.2) is 24.4 Å². The van der Waals surface area contributed by atoms with Crippen molar-refractivity contribution in [2.75, 3.05) is 6.54 Å². The number of imidazole rings is 1. The van der Waals surface area contributed by atoms with E-state index in [1.165, 1.54) is 18.9 Å². The fourth-order valence-corrected chi connectivity index (χ4v) is 2.53. The zero-order valence-corrected chi connectivity index (χ0v) is 9.69. The normalized spacial score (nSPS) is 20.9. The van der Waals surface area contributed by atoms with Crippen LogP contribution in [0.5, 0.6) is 0 Å². The molecule has 0 amide bonds. The standard InChI is InChI=1S/C13H16FN3/c14-12-6-3-5-11-9-16-13(17(11)12)8-10-4-1-2-7-15-10/h3,5-6,9-10,15H,1-2,4,7-8H2. The summed E-state index contributed by atoms with van der Waals surface area (Å²) < 4.78 is 15.3. The van der Waals surface area contributed by atoms with Gasteiger partial charge in [-0.05, 0) is 31.5 Å². The highest BCUT2D eigenvalue weighted by molar-refractivity contribution is 5.45. The zero-order chi connectivity index (χ0) is 11.7. The topological polar surface area (TPSA) is 29.3 Å². The minimum Gasteiger partial charge on any atom is -0.314 e. The van der Waals surface area contributed by atoms with Gasteiger partial charge in [-0.25, -0.2) is 4.98 Å². The Morgan fingerprint density at radius 3 is 3.18 bits per heavy atom. The Hall–Kier alpha value is -1.42. The lowest BCUT2D eigenvalue weighted by atomic mass is 10.0. The molecule has 0 spiro atoms. The second kappa shape index (κ2) is 4.45. The van der Waals surface area contributed by atoms with Crippen molar-refractivity contribution in [1.82, 2.24) is 14.7 Å². The molecule has 3 nitrogen and oxygen atoms in total. The van der Waals surface area contributed by atoms with Crippen LogP contribution in [0.4, 0.5) is 4.39 Å². The van der Waals surface area contributed by atoms with Gasteiger partial charge in [0, 0.05) is 12.5 Å².